The number of nitrogens with one attached hydrogen (secondary N) is 1. The van der Waals surface area contributed by atoms with E-state index in [4.69, 9.17) is 28.8 Å². The van der Waals surface area contributed by atoms with Gasteiger partial charge in [0.25, 0.3) is 0 Å². The number of esters is 4. The highest BCUT2D eigenvalue weighted by atomic mass is 16.7. The zero-order chi connectivity index (χ0) is 24.7. The fraction of sp³-hybridized carbons (Fsp3) is 0.476. The molecule has 0 amide bonds. The number of ether oxygens (including phenoxy) is 5. The van der Waals surface area contributed by atoms with E-state index in [0.29, 0.717) is 5.69 Å². The largest absolute Gasteiger partial charge is 0.478 e. The first-order valence-electron chi connectivity index (χ1n) is 9.88. The summed E-state index contributed by atoms with van der Waals surface area (Å²) in [6.45, 7) is 4.21. The van der Waals surface area contributed by atoms with Crippen LogP contribution in [0, 0.1) is 0 Å². The molecule has 0 radical (unpaired) electrons. The number of carbonyl (C=O) groups excluding carboxylic acids is 4. The van der Waals surface area contributed by atoms with Gasteiger partial charge in [-0.3, -0.25) is 19.2 Å². The maximum Gasteiger partial charge on any atom is 0.335 e. The second-order valence-corrected chi connectivity index (χ2v) is 7.15. The van der Waals surface area contributed by atoms with Crippen LogP contribution in [0.4, 0.5) is 5.69 Å². The van der Waals surface area contributed by atoms with E-state index in [1.807, 2.05) is 0 Å². The average molecular weight is 467 g/mol. The van der Waals surface area contributed by atoms with Crippen LogP contribution in [0.25, 0.3) is 0 Å². The lowest BCUT2D eigenvalue weighted by Crippen LogP contribution is -2.64. The molecule has 0 spiro atoms. The monoisotopic (exact) mass is 467 g/mol. The quantitative estimate of drug-likeness (QED) is 0.410. The second-order valence-electron chi connectivity index (χ2n) is 7.15. The first-order chi connectivity index (χ1) is 15.5. The van der Waals surface area contributed by atoms with E-state index < -0.39 is 60.5 Å². The topological polar surface area (TPSA) is 164 Å². The van der Waals surface area contributed by atoms with Crippen molar-refractivity contribution in [1.29, 1.82) is 0 Å². The molecule has 1 aromatic rings. The SMILES string of the molecule is CC(=O)OCC1O[C@@H](Nc2ccc(C(=O)O)cc2)[C@@H](OC(C)=O)C(OC(C)=O)[C@H]1OC(C)=O. The van der Waals surface area contributed by atoms with Crippen molar-refractivity contribution >= 4 is 35.5 Å². The molecular weight excluding hydrogens is 442 g/mol. The number of anilines is 1. The molecule has 2 N–H and O–H groups in total. The van der Waals surface area contributed by atoms with Gasteiger partial charge in [0.2, 0.25) is 0 Å². The average Bonchev–Trinajstić information content (AvgIpc) is 2.70. The summed E-state index contributed by atoms with van der Waals surface area (Å²) >= 11 is 0. The summed E-state index contributed by atoms with van der Waals surface area (Å²) in [5.41, 5.74) is 0.433. The highest BCUT2D eigenvalue weighted by molar-refractivity contribution is 5.88. The maximum absolute atomic E-state index is 11.8. The number of hydrogen-bond donors (Lipinski definition) is 2. The first-order valence-corrected chi connectivity index (χ1v) is 9.88. The molecule has 0 aromatic heterocycles. The maximum atomic E-state index is 11.8. The summed E-state index contributed by atoms with van der Waals surface area (Å²) in [5.74, 6) is -3.94. The number of aromatic carboxylic acids is 1. The van der Waals surface area contributed by atoms with Crippen LogP contribution in [0.3, 0.4) is 0 Å². The van der Waals surface area contributed by atoms with Crippen LogP contribution in [-0.4, -0.2) is 72.2 Å². The van der Waals surface area contributed by atoms with E-state index in [2.05, 4.69) is 5.32 Å². The molecular formula is C21H25NO11. The van der Waals surface area contributed by atoms with E-state index in [1.54, 1.807) is 0 Å². The van der Waals surface area contributed by atoms with Gasteiger partial charge in [0, 0.05) is 33.4 Å². The molecule has 2 rings (SSSR count). The molecule has 1 saturated heterocycles. The number of hydrogen-bond acceptors (Lipinski definition) is 11. The molecule has 180 valence electrons. The van der Waals surface area contributed by atoms with Gasteiger partial charge >= 0.3 is 29.8 Å². The van der Waals surface area contributed by atoms with Crippen LogP contribution in [-0.2, 0) is 42.9 Å². The normalized spacial score (nSPS) is 24.2. The molecule has 1 fully saturated rings. The zero-order valence-electron chi connectivity index (χ0n) is 18.4. The Balaban J connectivity index is 2.43. The zero-order valence-corrected chi connectivity index (χ0v) is 18.4. The molecule has 5 atom stereocenters. The number of rotatable bonds is 8. The van der Waals surface area contributed by atoms with E-state index >= 15 is 0 Å². The Morgan fingerprint density at radius 3 is 1.82 bits per heavy atom. The van der Waals surface area contributed by atoms with Crippen molar-refractivity contribution in [3.05, 3.63) is 29.8 Å². The van der Waals surface area contributed by atoms with E-state index in [1.165, 1.54) is 31.2 Å². The summed E-state index contributed by atoms with van der Waals surface area (Å²) in [7, 11) is 0. The van der Waals surface area contributed by atoms with Gasteiger partial charge in [0.1, 0.15) is 12.7 Å². The fourth-order valence-electron chi connectivity index (χ4n) is 3.22. The highest BCUT2D eigenvalue weighted by Crippen LogP contribution is 2.30. The molecule has 12 heteroatoms. The molecule has 0 saturated carbocycles. The molecule has 1 aliphatic heterocycles. The number of carbonyl (C=O) groups is 5. The van der Waals surface area contributed by atoms with Gasteiger partial charge < -0.3 is 34.1 Å². The van der Waals surface area contributed by atoms with Gasteiger partial charge in [-0.15, -0.1) is 0 Å². The lowest BCUT2D eigenvalue weighted by atomic mass is 9.97. The van der Waals surface area contributed by atoms with Crippen molar-refractivity contribution in [2.24, 2.45) is 0 Å². The van der Waals surface area contributed by atoms with Crippen molar-refractivity contribution in [2.45, 2.75) is 58.3 Å². The third kappa shape index (κ3) is 7.45. The van der Waals surface area contributed by atoms with Crippen LogP contribution in [0.15, 0.2) is 24.3 Å². The Morgan fingerprint density at radius 2 is 1.33 bits per heavy atom. The molecule has 1 heterocycles. The Bertz CT molecular complexity index is 898. The van der Waals surface area contributed by atoms with E-state index in [9.17, 15) is 24.0 Å². The van der Waals surface area contributed by atoms with Gasteiger partial charge in [-0.25, -0.2) is 4.79 Å². The minimum Gasteiger partial charge on any atom is -0.478 e. The lowest BCUT2D eigenvalue weighted by molar-refractivity contribution is -0.247. The summed E-state index contributed by atoms with van der Waals surface area (Å²) in [6.07, 6.45) is -6.09. The molecule has 1 aromatic carbocycles. The van der Waals surface area contributed by atoms with E-state index in [-0.39, 0.29) is 12.2 Å². The molecule has 1 aliphatic rings. The number of carboxylic acids is 1. The Morgan fingerprint density at radius 1 is 0.818 bits per heavy atom. The van der Waals surface area contributed by atoms with Crippen LogP contribution in [0.1, 0.15) is 38.1 Å². The predicted molar refractivity (Wildman–Crippen MR) is 109 cm³/mol. The highest BCUT2D eigenvalue weighted by Gasteiger charge is 2.52. The molecule has 12 nitrogen and oxygen atoms in total. The number of benzene rings is 1. The summed E-state index contributed by atoms with van der Waals surface area (Å²) in [5, 5.41) is 12.0. The molecule has 0 bridgehead atoms. The fourth-order valence-corrected chi connectivity index (χ4v) is 3.22. The van der Waals surface area contributed by atoms with Gasteiger partial charge in [0.05, 0.1) is 5.56 Å². The van der Waals surface area contributed by atoms with Crippen LogP contribution in [0.5, 0.6) is 0 Å². The van der Waals surface area contributed by atoms with Crippen LogP contribution >= 0.6 is 0 Å². The second kappa shape index (κ2) is 11.3. The summed E-state index contributed by atoms with van der Waals surface area (Å²) < 4.78 is 26.9. The van der Waals surface area contributed by atoms with Crippen molar-refractivity contribution in [1.82, 2.24) is 0 Å². The van der Waals surface area contributed by atoms with Crippen LogP contribution < -0.4 is 5.32 Å². The molecule has 0 aliphatic carbocycles. The van der Waals surface area contributed by atoms with Crippen molar-refractivity contribution < 1.29 is 52.8 Å². The van der Waals surface area contributed by atoms with Crippen molar-refractivity contribution in [3.63, 3.8) is 0 Å². The van der Waals surface area contributed by atoms with Crippen molar-refractivity contribution in [3.8, 4) is 0 Å². The minimum atomic E-state index is -1.31. The standard InChI is InChI=1S/C21H25NO11/c1-10(23)29-9-16-17(30-11(2)24)18(31-12(3)25)19(32-13(4)26)20(33-16)22-15-7-5-14(6-8-15)21(27)28/h5-8,16-20,22H,9H2,1-4H3,(H,27,28)/t16?,17-,18?,19-,20+/m0/s1. The third-order valence-corrected chi connectivity index (χ3v) is 4.43. The van der Waals surface area contributed by atoms with Crippen LogP contribution in [0.2, 0.25) is 0 Å². The molecule has 33 heavy (non-hydrogen) atoms. The van der Waals surface area contributed by atoms with Gasteiger partial charge in [-0.2, -0.15) is 0 Å². The summed E-state index contributed by atoms with van der Waals surface area (Å²) in [6, 6.07) is 5.60. The van der Waals surface area contributed by atoms with E-state index in [0.717, 1.165) is 20.8 Å². The minimum absolute atomic E-state index is 0.0436. The van der Waals surface area contributed by atoms with Gasteiger partial charge in [-0.05, 0) is 24.3 Å². The molecule has 2 unspecified atom stereocenters. The van der Waals surface area contributed by atoms with Gasteiger partial charge in [0.15, 0.2) is 24.5 Å². The predicted octanol–water partition coefficient (Wildman–Crippen LogP) is 0.880. The lowest BCUT2D eigenvalue weighted by Gasteiger charge is -2.44. The Hall–Kier alpha value is -3.67. The third-order valence-electron chi connectivity index (χ3n) is 4.43. The van der Waals surface area contributed by atoms with Crippen molar-refractivity contribution in [2.75, 3.05) is 11.9 Å². The Kier molecular flexibility index (Phi) is 8.74. The number of carboxylic acid groups (broad SMARTS) is 1. The first kappa shape index (κ1) is 25.6. The van der Waals surface area contributed by atoms with Gasteiger partial charge in [-0.1, -0.05) is 0 Å². The summed E-state index contributed by atoms with van der Waals surface area (Å²) in [4.78, 5) is 57.7. The smallest absolute Gasteiger partial charge is 0.335 e. The Labute approximate surface area is 189 Å².